The smallest absolute Gasteiger partial charge is 0.195 e. The largest absolute Gasteiger partial charge is 0.399 e. The lowest BCUT2D eigenvalue weighted by atomic mass is 9.70. The molecule has 0 radical (unpaired) electrons. The number of hydrogen-bond donors (Lipinski definition) is 2. The summed E-state index contributed by atoms with van der Waals surface area (Å²) in [4.78, 5) is 22.7. The standard InChI is InChI=1S/C29H36N4O/c1-5-18-13-22-23(15-25(18)32-11-12-33(17(2)16-32)20-7-6-8-20)29(3,4)28-26(27(22)34)21-10-9-19(30)14-24(21)31-28/h9-10,13-15,17,20,31H,5-8,11-12,16,30H2,1-4H3/t17-/m0/s1. The number of carbonyl (C=O) groups excluding carboxylic acids is 1. The number of nitrogen functional groups attached to an aromatic ring is 1. The van der Waals surface area contributed by atoms with E-state index in [2.05, 4.69) is 54.6 Å². The zero-order valence-corrected chi connectivity index (χ0v) is 20.9. The predicted molar refractivity (Wildman–Crippen MR) is 140 cm³/mol. The molecular formula is C29H36N4O. The number of aromatic amines is 1. The van der Waals surface area contributed by atoms with Crippen LogP contribution in [-0.4, -0.2) is 47.4 Å². The van der Waals surface area contributed by atoms with E-state index < -0.39 is 0 Å². The maximum atomic E-state index is 13.8. The third-order valence-corrected chi connectivity index (χ3v) is 8.76. The molecule has 34 heavy (non-hydrogen) atoms. The van der Waals surface area contributed by atoms with Gasteiger partial charge >= 0.3 is 0 Å². The van der Waals surface area contributed by atoms with Crippen molar-refractivity contribution in [3.63, 3.8) is 0 Å². The van der Waals surface area contributed by atoms with Crippen LogP contribution in [0.15, 0.2) is 30.3 Å². The van der Waals surface area contributed by atoms with Gasteiger partial charge in [0.15, 0.2) is 5.78 Å². The highest BCUT2D eigenvalue weighted by molar-refractivity contribution is 6.20. The first-order valence-electron chi connectivity index (χ1n) is 12.9. The van der Waals surface area contributed by atoms with Crippen LogP contribution in [0.25, 0.3) is 10.9 Å². The van der Waals surface area contributed by atoms with Crippen molar-refractivity contribution in [2.24, 2.45) is 0 Å². The highest BCUT2D eigenvalue weighted by Gasteiger charge is 2.41. The molecular weight excluding hydrogens is 420 g/mol. The number of fused-ring (bicyclic) bond motifs is 4. The summed E-state index contributed by atoms with van der Waals surface area (Å²) < 4.78 is 0. The highest BCUT2D eigenvalue weighted by Crippen LogP contribution is 2.46. The molecule has 2 aliphatic carbocycles. The summed E-state index contributed by atoms with van der Waals surface area (Å²) in [6.45, 7) is 12.3. The zero-order valence-electron chi connectivity index (χ0n) is 20.9. The lowest BCUT2D eigenvalue weighted by Crippen LogP contribution is -2.57. The minimum absolute atomic E-state index is 0.129. The third-order valence-electron chi connectivity index (χ3n) is 8.76. The summed E-state index contributed by atoms with van der Waals surface area (Å²) in [5.41, 5.74) is 13.8. The Balaban J connectivity index is 1.43. The lowest BCUT2D eigenvalue weighted by Gasteiger charge is -2.48. The number of hydrogen-bond acceptors (Lipinski definition) is 4. The first-order chi connectivity index (χ1) is 16.3. The number of carbonyl (C=O) groups is 1. The Morgan fingerprint density at radius 3 is 2.62 bits per heavy atom. The average Bonchev–Trinajstić information content (AvgIpc) is 3.17. The van der Waals surface area contributed by atoms with Gasteiger partial charge in [0.1, 0.15) is 0 Å². The van der Waals surface area contributed by atoms with Gasteiger partial charge in [-0.1, -0.05) is 33.3 Å². The summed E-state index contributed by atoms with van der Waals surface area (Å²) in [5, 5.41) is 0.969. The van der Waals surface area contributed by atoms with Gasteiger partial charge in [0, 0.05) is 70.7 Å². The van der Waals surface area contributed by atoms with Crippen LogP contribution in [0.3, 0.4) is 0 Å². The van der Waals surface area contributed by atoms with Gasteiger partial charge in [0.05, 0.1) is 5.56 Å². The quantitative estimate of drug-likeness (QED) is 0.529. The van der Waals surface area contributed by atoms with Crippen LogP contribution >= 0.6 is 0 Å². The Morgan fingerprint density at radius 1 is 1.15 bits per heavy atom. The molecule has 3 aliphatic rings. The van der Waals surface area contributed by atoms with Crippen molar-refractivity contribution in [3.05, 3.63) is 58.3 Å². The fourth-order valence-electron chi connectivity index (χ4n) is 6.56. The summed E-state index contributed by atoms with van der Waals surface area (Å²) in [6, 6.07) is 11.7. The number of ketones is 1. The predicted octanol–water partition coefficient (Wildman–Crippen LogP) is 5.25. The van der Waals surface area contributed by atoms with Gasteiger partial charge in [0.2, 0.25) is 0 Å². The zero-order chi connectivity index (χ0) is 23.8. The molecule has 1 aromatic heterocycles. The molecule has 5 heteroatoms. The second-order valence-corrected chi connectivity index (χ2v) is 11.1. The number of aromatic nitrogens is 1. The number of piperazine rings is 1. The van der Waals surface area contributed by atoms with E-state index in [-0.39, 0.29) is 11.2 Å². The molecule has 3 aromatic rings. The van der Waals surface area contributed by atoms with Crippen LogP contribution in [0.1, 0.15) is 79.7 Å². The fourth-order valence-corrected chi connectivity index (χ4v) is 6.56. The van der Waals surface area contributed by atoms with Gasteiger partial charge in [-0.15, -0.1) is 0 Å². The van der Waals surface area contributed by atoms with E-state index in [4.69, 9.17) is 5.73 Å². The number of benzene rings is 2. The van der Waals surface area contributed by atoms with Crippen LogP contribution in [0.4, 0.5) is 11.4 Å². The molecule has 5 nitrogen and oxygen atoms in total. The van der Waals surface area contributed by atoms with Crippen molar-refractivity contribution in [1.82, 2.24) is 9.88 Å². The molecule has 1 saturated heterocycles. The van der Waals surface area contributed by atoms with Crippen molar-refractivity contribution in [2.75, 3.05) is 30.3 Å². The molecule has 0 amide bonds. The number of anilines is 2. The fraction of sp³-hybridized carbons (Fsp3) is 0.483. The molecule has 2 heterocycles. The van der Waals surface area contributed by atoms with E-state index >= 15 is 0 Å². The number of nitrogens with two attached hydrogens (primary N) is 1. The summed E-state index contributed by atoms with van der Waals surface area (Å²) in [7, 11) is 0. The summed E-state index contributed by atoms with van der Waals surface area (Å²) >= 11 is 0. The normalized spacial score (nSPS) is 22.5. The van der Waals surface area contributed by atoms with Crippen molar-refractivity contribution < 1.29 is 4.79 Å². The average molecular weight is 457 g/mol. The van der Waals surface area contributed by atoms with Crippen LogP contribution in [-0.2, 0) is 11.8 Å². The number of nitrogens with zero attached hydrogens (tertiary/aromatic N) is 2. The molecule has 6 rings (SSSR count). The number of rotatable bonds is 3. The summed E-state index contributed by atoms with van der Waals surface area (Å²) in [5.74, 6) is 0.129. The van der Waals surface area contributed by atoms with E-state index in [9.17, 15) is 4.79 Å². The van der Waals surface area contributed by atoms with E-state index in [0.717, 1.165) is 65.4 Å². The number of aryl methyl sites for hydroxylation is 1. The summed E-state index contributed by atoms with van der Waals surface area (Å²) in [6.07, 6.45) is 5.02. The molecule has 1 aliphatic heterocycles. The van der Waals surface area contributed by atoms with Crippen LogP contribution in [0.2, 0.25) is 0 Å². The number of nitrogens with one attached hydrogen (secondary N) is 1. The molecule has 178 valence electrons. The molecule has 3 N–H and O–H groups in total. The number of H-pyrrole nitrogens is 1. The van der Waals surface area contributed by atoms with E-state index in [1.807, 2.05) is 18.2 Å². The molecule has 2 fully saturated rings. The van der Waals surface area contributed by atoms with Gasteiger partial charge in [0.25, 0.3) is 0 Å². The van der Waals surface area contributed by atoms with Gasteiger partial charge in [-0.05, 0) is 61.6 Å². The first-order valence-corrected chi connectivity index (χ1v) is 12.9. The van der Waals surface area contributed by atoms with Gasteiger partial charge in [-0.2, -0.15) is 0 Å². The molecule has 0 unspecified atom stereocenters. The Kier molecular flexibility index (Phi) is 4.86. The van der Waals surface area contributed by atoms with Crippen LogP contribution in [0.5, 0.6) is 0 Å². The Labute approximate surface area is 202 Å². The Hall–Kier alpha value is -2.79. The molecule has 1 saturated carbocycles. The van der Waals surface area contributed by atoms with E-state index in [1.165, 1.54) is 30.5 Å². The van der Waals surface area contributed by atoms with Crippen molar-refractivity contribution in [3.8, 4) is 0 Å². The monoisotopic (exact) mass is 456 g/mol. The maximum Gasteiger partial charge on any atom is 0.195 e. The molecule has 0 spiro atoms. The lowest BCUT2D eigenvalue weighted by molar-refractivity contribution is 0.0774. The van der Waals surface area contributed by atoms with Gasteiger partial charge in [-0.25, -0.2) is 0 Å². The first kappa shape index (κ1) is 21.7. The van der Waals surface area contributed by atoms with Gasteiger partial charge in [-0.3, -0.25) is 9.69 Å². The SMILES string of the molecule is CCc1cc2c(cc1N1CCN(C3CCC3)[C@@H](C)C1)C(C)(C)c1[nH]c3cc(N)ccc3c1C2=O. The Morgan fingerprint density at radius 2 is 1.94 bits per heavy atom. The topological polar surface area (TPSA) is 65.4 Å². The maximum absolute atomic E-state index is 13.8. The van der Waals surface area contributed by atoms with E-state index in [0.29, 0.717) is 11.7 Å². The second-order valence-electron chi connectivity index (χ2n) is 11.1. The molecule has 2 aromatic carbocycles. The molecule has 1 atom stereocenters. The van der Waals surface area contributed by atoms with Crippen molar-refractivity contribution in [1.29, 1.82) is 0 Å². The third kappa shape index (κ3) is 3.06. The van der Waals surface area contributed by atoms with Gasteiger partial charge < -0.3 is 15.6 Å². The highest BCUT2D eigenvalue weighted by atomic mass is 16.1. The molecule has 0 bridgehead atoms. The minimum atomic E-state index is -0.299. The van der Waals surface area contributed by atoms with Crippen molar-refractivity contribution in [2.45, 2.75) is 70.9 Å². The van der Waals surface area contributed by atoms with Crippen LogP contribution < -0.4 is 10.6 Å². The van der Waals surface area contributed by atoms with E-state index in [1.54, 1.807) is 0 Å². The Bertz CT molecular complexity index is 1300. The van der Waals surface area contributed by atoms with Crippen molar-refractivity contribution >= 4 is 28.1 Å². The second kappa shape index (κ2) is 7.61. The minimum Gasteiger partial charge on any atom is -0.399 e. The van der Waals surface area contributed by atoms with Crippen LogP contribution in [0, 0.1) is 0 Å².